The maximum absolute atomic E-state index is 11.5. The number of allylic oxidation sites excluding steroid dienone is 1. The molecule has 1 aromatic rings. The highest BCUT2D eigenvalue weighted by molar-refractivity contribution is 5.93. The van der Waals surface area contributed by atoms with Gasteiger partial charge in [-0.05, 0) is 12.1 Å². The van der Waals surface area contributed by atoms with Gasteiger partial charge in [0.15, 0.2) is 0 Å². The average molecular weight is 254 g/mol. The number of ether oxygens (including phenoxy) is 1. The second-order valence-electron chi connectivity index (χ2n) is 3.71. The number of carbonyl (C=O) groups excluding carboxylic acids is 1. The van der Waals surface area contributed by atoms with Crippen LogP contribution in [0.15, 0.2) is 36.0 Å². The third-order valence-corrected chi connectivity index (χ3v) is 2.57. The third kappa shape index (κ3) is 2.64. The van der Waals surface area contributed by atoms with Gasteiger partial charge in [-0.25, -0.2) is 4.79 Å². The number of hydrogen-bond acceptors (Lipinski definition) is 5. The first-order valence-electron chi connectivity index (χ1n) is 5.56. The Morgan fingerprint density at radius 1 is 1.37 bits per heavy atom. The molecule has 0 atom stereocenters. The Morgan fingerprint density at radius 2 is 2.11 bits per heavy atom. The summed E-state index contributed by atoms with van der Waals surface area (Å²) in [4.78, 5) is 13.0. The van der Waals surface area contributed by atoms with Crippen molar-refractivity contribution in [2.24, 2.45) is 0 Å². The van der Waals surface area contributed by atoms with E-state index in [0.29, 0.717) is 24.5 Å². The van der Waals surface area contributed by atoms with Crippen LogP contribution in [0.1, 0.15) is 0 Å². The first kappa shape index (κ1) is 12.5. The minimum atomic E-state index is -0.404. The molecule has 1 aliphatic rings. The van der Waals surface area contributed by atoms with Crippen molar-refractivity contribution in [2.75, 3.05) is 23.4 Å². The second-order valence-corrected chi connectivity index (χ2v) is 3.71. The third-order valence-electron chi connectivity index (χ3n) is 2.57. The van der Waals surface area contributed by atoms with Gasteiger partial charge in [0.1, 0.15) is 24.3 Å². The van der Waals surface area contributed by atoms with E-state index in [9.17, 15) is 4.79 Å². The molecule has 0 saturated carbocycles. The largest absolute Gasteiger partial charge is 0.447 e. The van der Waals surface area contributed by atoms with E-state index in [1.807, 2.05) is 0 Å². The summed E-state index contributed by atoms with van der Waals surface area (Å²) in [6, 6.07) is 10.6. The van der Waals surface area contributed by atoms with Gasteiger partial charge in [-0.2, -0.15) is 10.5 Å². The van der Waals surface area contributed by atoms with Gasteiger partial charge in [0.2, 0.25) is 0 Å². The molecule has 0 aromatic heterocycles. The van der Waals surface area contributed by atoms with E-state index in [-0.39, 0.29) is 5.57 Å². The van der Waals surface area contributed by atoms with Crippen molar-refractivity contribution in [1.29, 1.82) is 10.5 Å². The topological polar surface area (TPSA) is 89.2 Å². The number of nitrogens with one attached hydrogen (secondary N) is 1. The summed E-state index contributed by atoms with van der Waals surface area (Å²) in [5.74, 6) is 0. The lowest BCUT2D eigenvalue weighted by atomic mass is 10.2. The van der Waals surface area contributed by atoms with Crippen LogP contribution in [0.25, 0.3) is 0 Å². The monoisotopic (exact) mass is 254 g/mol. The van der Waals surface area contributed by atoms with Gasteiger partial charge in [-0.3, -0.25) is 4.90 Å². The van der Waals surface area contributed by atoms with E-state index in [0.717, 1.165) is 0 Å². The maximum atomic E-state index is 11.5. The highest BCUT2D eigenvalue weighted by Crippen LogP contribution is 2.27. The number of cyclic esters (lactones) is 1. The normalized spacial score (nSPS) is 13.2. The molecule has 0 spiro atoms. The minimum Gasteiger partial charge on any atom is -0.447 e. The van der Waals surface area contributed by atoms with Crippen LogP contribution < -0.4 is 10.2 Å². The van der Waals surface area contributed by atoms with Gasteiger partial charge < -0.3 is 10.1 Å². The van der Waals surface area contributed by atoms with Crippen LogP contribution in [0.3, 0.4) is 0 Å². The van der Waals surface area contributed by atoms with Crippen LogP contribution in [0.5, 0.6) is 0 Å². The molecule has 6 nitrogen and oxygen atoms in total. The molecule has 1 saturated heterocycles. The zero-order valence-electron chi connectivity index (χ0n) is 9.96. The highest BCUT2D eigenvalue weighted by Gasteiger charge is 2.25. The quantitative estimate of drug-likeness (QED) is 0.833. The zero-order chi connectivity index (χ0) is 13.7. The Morgan fingerprint density at radius 3 is 2.74 bits per heavy atom. The molecule has 1 aliphatic heterocycles. The fourth-order valence-electron chi connectivity index (χ4n) is 1.68. The first-order chi connectivity index (χ1) is 9.26. The zero-order valence-corrected chi connectivity index (χ0v) is 9.96. The van der Waals surface area contributed by atoms with Crippen LogP contribution in [-0.4, -0.2) is 19.2 Å². The van der Waals surface area contributed by atoms with Gasteiger partial charge in [0, 0.05) is 6.20 Å². The van der Waals surface area contributed by atoms with Crippen molar-refractivity contribution in [1.82, 2.24) is 0 Å². The Labute approximate surface area is 110 Å². The van der Waals surface area contributed by atoms with Gasteiger partial charge in [-0.15, -0.1) is 0 Å². The molecule has 0 unspecified atom stereocenters. The number of hydrogen-bond donors (Lipinski definition) is 1. The summed E-state index contributed by atoms with van der Waals surface area (Å²) in [7, 11) is 0. The van der Waals surface area contributed by atoms with E-state index < -0.39 is 6.09 Å². The highest BCUT2D eigenvalue weighted by atomic mass is 16.6. The van der Waals surface area contributed by atoms with Crippen molar-refractivity contribution in [3.05, 3.63) is 36.0 Å². The number of benzene rings is 1. The van der Waals surface area contributed by atoms with Crippen LogP contribution in [0.4, 0.5) is 16.2 Å². The summed E-state index contributed by atoms with van der Waals surface area (Å²) in [6.45, 7) is 0.829. The molecular weight excluding hydrogens is 244 g/mol. The molecule has 1 aromatic carbocycles. The van der Waals surface area contributed by atoms with Gasteiger partial charge in [0.05, 0.1) is 17.9 Å². The summed E-state index contributed by atoms with van der Waals surface area (Å²) < 4.78 is 4.88. The lowest BCUT2D eigenvalue weighted by molar-refractivity contribution is 0.181. The predicted molar refractivity (Wildman–Crippen MR) is 68.1 cm³/mol. The van der Waals surface area contributed by atoms with E-state index in [4.69, 9.17) is 15.3 Å². The standard InChI is InChI=1S/C13H10N4O2/c14-7-10(8-15)9-16-11-3-1-2-4-12(11)17-5-6-19-13(17)18/h1-4,9,16H,5-6H2. The molecule has 1 heterocycles. The van der Waals surface area contributed by atoms with Gasteiger partial charge in [-0.1, -0.05) is 12.1 Å². The Kier molecular flexibility index (Phi) is 3.65. The fourth-order valence-corrected chi connectivity index (χ4v) is 1.68. The number of amides is 1. The first-order valence-corrected chi connectivity index (χ1v) is 5.56. The lowest BCUT2D eigenvalue weighted by Gasteiger charge is -2.16. The van der Waals surface area contributed by atoms with Crippen molar-refractivity contribution < 1.29 is 9.53 Å². The van der Waals surface area contributed by atoms with Crippen LogP contribution >= 0.6 is 0 Å². The van der Waals surface area contributed by atoms with E-state index >= 15 is 0 Å². The number of carbonyl (C=O) groups is 1. The van der Waals surface area contributed by atoms with Crippen molar-refractivity contribution in [3.63, 3.8) is 0 Å². The molecule has 6 heteroatoms. The molecule has 19 heavy (non-hydrogen) atoms. The van der Waals surface area contributed by atoms with E-state index in [1.54, 1.807) is 36.4 Å². The molecule has 1 amide bonds. The Balaban J connectivity index is 2.27. The molecular formula is C13H10N4O2. The predicted octanol–water partition coefficient (Wildman–Crippen LogP) is 1.99. The van der Waals surface area contributed by atoms with Crippen LogP contribution in [0.2, 0.25) is 0 Å². The smallest absolute Gasteiger partial charge is 0.414 e. The number of para-hydroxylation sites is 2. The van der Waals surface area contributed by atoms with Gasteiger partial charge in [0.25, 0.3) is 0 Å². The Hall–Kier alpha value is -2.99. The van der Waals surface area contributed by atoms with Crippen molar-refractivity contribution in [2.45, 2.75) is 0 Å². The van der Waals surface area contributed by atoms with Gasteiger partial charge >= 0.3 is 6.09 Å². The molecule has 1 fully saturated rings. The summed E-state index contributed by atoms with van der Waals surface area (Å²) in [6.07, 6.45) is 0.902. The average Bonchev–Trinajstić information content (AvgIpc) is 2.86. The van der Waals surface area contributed by atoms with Crippen molar-refractivity contribution >= 4 is 17.5 Å². The van der Waals surface area contributed by atoms with Crippen LogP contribution in [0, 0.1) is 22.7 Å². The second kappa shape index (κ2) is 5.56. The van der Waals surface area contributed by atoms with Crippen molar-refractivity contribution in [3.8, 4) is 12.1 Å². The minimum absolute atomic E-state index is 0.0428. The maximum Gasteiger partial charge on any atom is 0.414 e. The molecule has 1 N–H and O–H groups in total. The SMILES string of the molecule is N#CC(C#N)=CNc1ccccc1N1CCOC1=O. The molecule has 2 rings (SSSR count). The van der Waals surface area contributed by atoms with E-state index in [2.05, 4.69) is 5.32 Å². The number of nitrogens with zero attached hydrogens (tertiary/aromatic N) is 3. The fraction of sp³-hybridized carbons (Fsp3) is 0.154. The number of anilines is 2. The summed E-state index contributed by atoms with van der Waals surface area (Å²) in [5.41, 5.74) is 1.24. The van der Waals surface area contributed by atoms with E-state index in [1.165, 1.54) is 11.1 Å². The Bertz CT molecular complexity index is 594. The summed E-state index contributed by atoms with van der Waals surface area (Å²) in [5, 5.41) is 20.2. The molecule has 0 aliphatic carbocycles. The van der Waals surface area contributed by atoms with Crippen LogP contribution in [-0.2, 0) is 4.74 Å². The summed E-state index contributed by atoms with van der Waals surface area (Å²) >= 11 is 0. The molecule has 0 radical (unpaired) electrons. The lowest BCUT2D eigenvalue weighted by Crippen LogP contribution is -2.24. The molecule has 94 valence electrons. The molecule has 0 bridgehead atoms. The number of rotatable bonds is 3. The number of nitriles is 2.